The highest BCUT2D eigenvalue weighted by Gasteiger charge is 2.24. The Kier molecular flexibility index (Phi) is 6.08. The van der Waals surface area contributed by atoms with Crippen molar-refractivity contribution < 1.29 is 13.5 Å². The standard InChI is InChI=1S/C23H30F2N6O/c1-15(14-32-22(24)25)28-23-26-11-19-20(16-10-27-31(12-16)18-8-5-9-18)13-30(21(19)29-23)17-6-3-2-4-7-17/h10-13,15,17-18,22H,2-9,14H2,1H3,(H,26,28,29)/t15-/m0/s1. The summed E-state index contributed by atoms with van der Waals surface area (Å²) in [5.41, 5.74) is 3.05. The molecule has 2 aliphatic rings. The number of hydrogen-bond acceptors (Lipinski definition) is 5. The Morgan fingerprint density at radius 1 is 1.06 bits per heavy atom. The molecule has 1 N–H and O–H groups in total. The Labute approximate surface area is 186 Å². The van der Waals surface area contributed by atoms with Crippen molar-refractivity contribution in [3.8, 4) is 11.1 Å². The number of ether oxygens (including phenoxy) is 1. The molecule has 7 nitrogen and oxygen atoms in total. The SMILES string of the molecule is C[C@@H](COC(F)F)Nc1ncc2c(-c3cnn(C4CCC4)c3)cn(C3CCCCC3)c2n1. The number of rotatable bonds is 8. The summed E-state index contributed by atoms with van der Waals surface area (Å²) >= 11 is 0. The van der Waals surface area contributed by atoms with E-state index in [2.05, 4.69) is 41.8 Å². The first-order chi connectivity index (χ1) is 15.6. The molecular weight excluding hydrogens is 414 g/mol. The van der Waals surface area contributed by atoms with Gasteiger partial charge in [0.15, 0.2) is 0 Å². The molecule has 0 aromatic carbocycles. The van der Waals surface area contributed by atoms with E-state index in [9.17, 15) is 8.78 Å². The largest absolute Gasteiger partial charge is 0.349 e. The average molecular weight is 445 g/mol. The number of aromatic nitrogens is 5. The van der Waals surface area contributed by atoms with Gasteiger partial charge in [-0.3, -0.25) is 4.68 Å². The van der Waals surface area contributed by atoms with Crippen LogP contribution in [0.1, 0.15) is 70.4 Å². The molecule has 2 saturated carbocycles. The van der Waals surface area contributed by atoms with Gasteiger partial charge in [-0.25, -0.2) is 4.98 Å². The lowest BCUT2D eigenvalue weighted by molar-refractivity contribution is -0.130. The summed E-state index contributed by atoms with van der Waals surface area (Å²) in [7, 11) is 0. The van der Waals surface area contributed by atoms with Crippen LogP contribution in [0.15, 0.2) is 24.8 Å². The van der Waals surface area contributed by atoms with Gasteiger partial charge in [0.05, 0.1) is 18.8 Å². The van der Waals surface area contributed by atoms with Crippen LogP contribution in [0.5, 0.6) is 0 Å². The second-order valence-corrected chi connectivity index (χ2v) is 9.11. The Morgan fingerprint density at radius 2 is 1.84 bits per heavy atom. The first kappa shape index (κ1) is 21.3. The highest BCUT2D eigenvalue weighted by atomic mass is 19.3. The van der Waals surface area contributed by atoms with E-state index < -0.39 is 6.61 Å². The van der Waals surface area contributed by atoms with Crippen molar-refractivity contribution in [1.29, 1.82) is 0 Å². The van der Waals surface area contributed by atoms with E-state index in [1.807, 2.05) is 12.4 Å². The Morgan fingerprint density at radius 3 is 2.56 bits per heavy atom. The molecule has 5 rings (SSSR count). The average Bonchev–Trinajstić information content (AvgIpc) is 3.36. The number of alkyl halides is 2. The molecule has 2 aliphatic carbocycles. The third kappa shape index (κ3) is 4.35. The molecule has 0 spiro atoms. The molecule has 3 heterocycles. The van der Waals surface area contributed by atoms with Gasteiger partial charge in [0.2, 0.25) is 5.95 Å². The highest BCUT2D eigenvalue weighted by molar-refractivity contribution is 5.93. The van der Waals surface area contributed by atoms with Crippen molar-refractivity contribution in [2.75, 3.05) is 11.9 Å². The number of anilines is 1. The molecule has 3 aromatic heterocycles. The zero-order valence-electron chi connectivity index (χ0n) is 18.4. The van der Waals surface area contributed by atoms with Gasteiger partial charge in [-0.1, -0.05) is 19.3 Å². The van der Waals surface area contributed by atoms with Gasteiger partial charge in [0.25, 0.3) is 0 Å². The molecule has 2 fully saturated rings. The molecule has 0 unspecified atom stereocenters. The zero-order chi connectivity index (χ0) is 22.1. The molecule has 32 heavy (non-hydrogen) atoms. The Bertz CT molecular complexity index is 1050. The molecule has 0 amide bonds. The third-order valence-electron chi connectivity index (χ3n) is 6.75. The number of nitrogens with zero attached hydrogens (tertiary/aromatic N) is 5. The first-order valence-electron chi connectivity index (χ1n) is 11.7. The van der Waals surface area contributed by atoms with E-state index in [-0.39, 0.29) is 12.6 Å². The Balaban J connectivity index is 1.48. The zero-order valence-corrected chi connectivity index (χ0v) is 18.4. The topological polar surface area (TPSA) is 69.8 Å². The highest BCUT2D eigenvalue weighted by Crippen LogP contribution is 2.38. The van der Waals surface area contributed by atoms with Crippen molar-refractivity contribution in [2.24, 2.45) is 0 Å². The fourth-order valence-corrected chi connectivity index (χ4v) is 4.77. The van der Waals surface area contributed by atoms with Gasteiger partial charge in [-0.15, -0.1) is 0 Å². The van der Waals surface area contributed by atoms with Crippen LogP contribution in [0.25, 0.3) is 22.2 Å². The van der Waals surface area contributed by atoms with Crippen LogP contribution < -0.4 is 5.32 Å². The quantitative estimate of drug-likeness (QED) is 0.492. The van der Waals surface area contributed by atoms with Crippen LogP contribution in [-0.4, -0.2) is 43.6 Å². The van der Waals surface area contributed by atoms with Crippen LogP contribution in [0.2, 0.25) is 0 Å². The van der Waals surface area contributed by atoms with Crippen molar-refractivity contribution in [3.05, 3.63) is 24.8 Å². The fraction of sp³-hybridized carbons (Fsp3) is 0.609. The van der Waals surface area contributed by atoms with Crippen molar-refractivity contribution in [2.45, 2.75) is 83.0 Å². The number of hydrogen-bond donors (Lipinski definition) is 1. The summed E-state index contributed by atoms with van der Waals surface area (Å²) < 4.78 is 33.5. The van der Waals surface area contributed by atoms with Gasteiger partial charge in [0.1, 0.15) is 5.65 Å². The van der Waals surface area contributed by atoms with Crippen molar-refractivity contribution >= 4 is 17.0 Å². The Hall–Kier alpha value is -2.55. The summed E-state index contributed by atoms with van der Waals surface area (Å²) in [4.78, 5) is 9.29. The minimum Gasteiger partial charge on any atom is -0.349 e. The van der Waals surface area contributed by atoms with Crippen molar-refractivity contribution in [1.82, 2.24) is 24.3 Å². The van der Waals surface area contributed by atoms with Crippen molar-refractivity contribution in [3.63, 3.8) is 0 Å². The maximum atomic E-state index is 12.4. The maximum Gasteiger partial charge on any atom is 0.345 e. The molecule has 172 valence electrons. The van der Waals surface area contributed by atoms with Crippen LogP contribution in [0, 0.1) is 0 Å². The van der Waals surface area contributed by atoms with E-state index in [1.54, 1.807) is 6.92 Å². The third-order valence-corrected chi connectivity index (χ3v) is 6.75. The van der Waals surface area contributed by atoms with E-state index in [0.29, 0.717) is 18.0 Å². The summed E-state index contributed by atoms with van der Waals surface area (Å²) in [6.45, 7) is -1.13. The summed E-state index contributed by atoms with van der Waals surface area (Å²) in [5, 5.41) is 8.70. The van der Waals surface area contributed by atoms with Gasteiger partial charge < -0.3 is 14.6 Å². The second-order valence-electron chi connectivity index (χ2n) is 9.11. The summed E-state index contributed by atoms with van der Waals surface area (Å²) in [5.74, 6) is 0.426. The van der Waals surface area contributed by atoms with Gasteiger partial charge in [-0.05, 0) is 39.0 Å². The smallest absolute Gasteiger partial charge is 0.345 e. The van der Waals surface area contributed by atoms with Gasteiger partial charge in [0, 0.05) is 47.2 Å². The van der Waals surface area contributed by atoms with Crippen LogP contribution in [0.4, 0.5) is 14.7 Å². The molecule has 0 bridgehead atoms. The lowest BCUT2D eigenvalue weighted by atomic mass is 9.93. The molecule has 3 aromatic rings. The molecule has 0 aliphatic heterocycles. The molecular formula is C23H30F2N6O. The van der Waals surface area contributed by atoms with E-state index in [1.165, 1.54) is 38.5 Å². The second kappa shape index (κ2) is 9.13. The fourth-order valence-electron chi connectivity index (χ4n) is 4.77. The number of nitrogens with one attached hydrogen (secondary N) is 1. The lowest BCUT2D eigenvalue weighted by Gasteiger charge is -2.25. The lowest BCUT2D eigenvalue weighted by Crippen LogP contribution is -2.24. The van der Waals surface area contributed by atoms with E-state index in [0.717, 1.165) is 35.0 Å². The molecule has 0 saturated heterocycles. The summed E-state index contributed by atoms with van der Waals surface area (Å²) in [6.07, 6.45) is 17.7. The minimum atomic E-state index is -2.78. The normalized spacial score (nSPS) is 18.9. The van der Waals surface area contributed by atoms with Crippen LogP contribution in [0.3, 0.4) is 0 Å². The predicted octanol–water partition coefficient (Wildman–Crippen LogP) is 5.56. The molecule has 1 atom stereocenters. The van der Waals surface area contributed by atoms with Crippen LogP contribution in [-0.2, 0) is 4.74 Å². The first-order valence-corrected chi connectivity index (χ1v) is 11.7. The molecule has 0 radical (unpaired) electrons. The number of halogens is 2. The molecule has 9 heteroatoms. The van der Waals surface area contributed by atoms with E-state index in [4.69, 9.17) is 4.98 Å². The van der Waals surface area contributed by atoms with E-state index >= 15 is 0 Å². The predicted molar refractivity (Wildman–Crippen MR) is 119 cm³/mol. The summed E-state index contributed by atoms with van der Waals surface area (Å²) in [6, 6.07) is 0.586. The van der Waals surface area contributed by atoms with Gasteiger partial charge in [-0.2, -0.15) is 18.9 Å². The van der Waals surface area contributed by atoms with Crippen LogP contribution >= 0.6 is 0 Å². The maximum absolute atomic E-state index is 12.4. The monoisotopic (exact) mass is 444 g/mol. The van der Waals surface area contributed by atoms with Gasteiger partial charge >= 0.3 is 6.61 Å². The number of fused-ring (bicyclic) bond motifs is 1. The minimum absolute atomic E-state index is 0.117.